The lowest BCUT2D eigenvalue weighted by Crippen LogP contribution is -2.48. The van der Waals surface area contributed by atoms with Crippen molar-refractivity contribution < 1.29 is 19.4 Å². The van der Waals surface area contributed by atoms with Gasteiger partial charge in [0.25, 0.3) is 0 Å². The number of urea groups is 1. The fraction of sp³-hybridized carbons (Fsp3) is 0.800. The summed E-state index contributed by atoms with van der Waals surface area (Å²) >= 11 is 0. The molecule has 0 unspecified atom stereocenters. The van der Waals surface area contributed by atoms with Crippen LogP contribution in [0.15, 0.2) is 0 Å². The first-order chi connectivity index (χ1) is 7.28. The predicted octanol–water partition coefficient (Wildman–Crippen LogP) is 0.574. The number of carboxylic acids is 1. The van der Waals surface area contributed by atoms with Gasteiger partial charge in [-0.05, 0) is 27.7 Å². The average Bonchev–Trinajstić information content (AvgIpc) is 2.14. The smallest absolute Gasteiger partial charge is 0.325 e. The third-order valence-electron chi connectivity index (χ3n) is 1.93. The van der Waals surface area contributed by atoms with E-state index in [1.54, 1.807) is 0 Å². The van der Waals surface area contributed by atoms with Crippen molar-refractivity contribution in [2.45, 2.75) is 39.3 Å². The van der Waals surface area contributed by atoms with Crippen molar-refractivity contribution in [2.75, 3.05) is 13.2 Å². The number of aliphatic carboxylic acids is 1. The maximum Gasteiger partial charge on any atom is 0.325 e. The van der Waals surface area contributed by atoms with Crippen LogP contribution in [0.4, 0.5) is 4.79 Å². The Hall–Kier alpha value is -1.30. The van der Waals surface area contributed by atoms with Gasteiger partial charge in [-0.1, -0.05) is 0 Å². The molecule has 0 aromatic rings. The van der Waals surface area contributed by atoms with Gasteiger partial charge in [0.05, 0.1) is 5.60 Å². The zero-order valence-electron chi connectivity index (χ0n) is 10.2. The number of carbonyl (C=O) groups is 2. The third kappa shape index (κ3) is 6.23. The Morgan fingerprint density at radius 3 is 2.44 bits per heavy atom. The minimum atomic E-state index is -1.07. The highest BCUT2D eigenvalue weighted by atomic mass is 16.5. The second-order valence-electron chi connectivity index (χ2n) is 4.08. The van der Waals surface area contributed by atoms with E-state index in [0.29, 0.717) is 13.2 Å². The summed E-state index contributed by atoms with van der Waals surface area (Å²) < 4.78 is 5.37. The Balaban J connectivity index is 3.94. The Morgan fingerprint density at radius 1 is 1.44 bits per heavy atom. The van der Waals surface area contributed by atoms with Gasteiger partial charge >= 0.3 is 12.0 Å². The summed E-state index contributed by atoms with van der Waals surface area (Å²) in [5.41, 5.74) is -0.460. The summed E-state index contributed by atoms with van der Waals surface area (Å²) in [6.45, 7) is 7.83. The molecule has 0 spiro atoms. The SMILES string of the molecule is CCOC(C)(C)CNC(=O)N[C@H](C)C(=O)O. The maximum atomic E-state index is 11.3. The number of ether oxygens (including phenoxy) is 1. The van der Waals surface area contributed by atoms with Crippen molar-refractivity contribution in [1.82, 2.24) is 10.6 Å². The van der Waals surface area contributed by atoms with E-state index < -0.39 is 23.6 Å². The second kappa shape index (κ2) is 6.32. The highest BCUT2D eigenvalue weighted by molar-refractivity contribution is 5.82. The minimum Gasteiger partial charge on any atom is -0.480 e. The molecular formula is C10H20N2O4. The maximum absolute atomic E-state index is 11.3. The summed E-state index contributed by atoms with van der Waals surface area (Å²) in [5.74, 6) is -1.07. The molecule has 0 aliphatic carbocycles. The Labute approximate surface area is 95.4 Å². The highest BCUT2D eigenvalue weighted by Gasteiger charge is 2.20. The number of nitrogens with one attached hydrogen (secondary N) is 2. The molecule has 0 aliphatic heterocycles. The van der Waals surface area contributed by atoms with Crippen LogP contribution >= 0.6 is 0 Å². The van der Waals surface area contributed by atoms with Gasteiger partial charge in [0.2, 0.25) is 0 Å². The molecule has 3 N–H and O–H groups in total. The molecule has 0 aromatic heterocycles. The molecule has 0 heterocycles. The first-order valence-electron chi connectivity index (χ1n) is 5.19. The number of hydrogen-bond acceptors (Lipinski definition) is 3. The molecule has 1 atom stereocenters. The standard InChI is InChI=1S/C10H20N2O4/c1-5-16-10(3,4)6-11-9(15)12-7(2)8(13)14/h7H,5-6H2,1-4H3,(H,13,14)(H2,11,12,15)/t7-/m1/s1. The zero-order valence-corrected chi connectivity index (χ0v) is 10.2. The van der Waals surface area contributed by atoms with Crippen molar-refractivity contribution in [1.29, 1.82) is 0 Å². The van der Waals surface area contributed by atoms with Gasteiger partial charge in [-0.25, -0.2) is 4.79 Å². The van der Waals surface area contributed by atoms with Crippen molar-refractivity contribution in [3.05, 3.63) is 0 Å². The molecule has 0 saturated heterocycles. The van der Waals surface area contributed by atoms with Crippen LogP contribution < -0.4 is 10.6 Å². The minimum absolute atomic E-state index is 0.318. The zero-order chi connectivity index (χ0) is 12.8. The number of carboxylic acid groups (broad SMARTS) is 1. The molecule has 16 heavy (non-hydrogen) atoms. The van der Waals surface area contributed by atoms with E-state index in [0.717, 1.165) is 0 Å². The van der Waals surface area contributed by atoms with E-state index in [2.05, 4.69) is 10.6 Å². The predicted molar refractivity (Wildman–Crippen MR) is 59.3 cm³/mol. The van der Waals surface area contributed by atoms with Gasteiger partial charge in [-0.2, -0.15) is 0 Å². The summed E-state index contributed by atoms with van der Waals surface area (Å²) in [6.07, 6.45) is 0. The van der Waals surface area contributed by atoms with Gasteiger partial charge in [0.1, 0.15) is 6.04 Å². The molecular weight excluding hydrogens is 212 g/mol. The van der Waals surface area contributed by atoms with Crippen LogP contribution in [0.1, 0.15) is 27.7 Å². The third-order valence-corrected chi connectivity index (χ3v) is 1.93. The Bertz CT molecular complexity index is 253. The van der Waals surface area contributed by atoms with E-state index in [-0.39, 0.29) is 0 Å². The van der Waals surface area contributed by atoms with E-state index >= 15 is 0 Å². The molecule has 2 amide bonds. The van der Waals surface area contributed by atoms with Crippen LogP contribution in [-0.2, 0) is 9.53 Å². The van der Waals surface area contributed by atoms with Gasteiger partial charge < -0.3 is 20.5 Å². The van der Waals surface area contributed by atoms with E-state index in [4.69, 9.17) is 9.84 Å². The van der Waals surface area contributed by atoms with Gasteiger partial charge in [0, 0.05) is 13.2 Å². The Kier molecular flexibility index (Phi) is 5.81. The average molecular weight is 232 g/mol. The molecule has 0 saturated carbocycles. The van der Waals surface area contributed by atoms with E-state index in [1.165, 1.54) is 6.92 Å². The topological polar surface area (TPSA) is 87.7 Å². The van der Waals surface area contributed by atoms with Crippen LogP contribution in [0.5, 0.6) is 0 Å². The van der Waals surface area contributed by atoms with Crippen molar-refractivity contribution in [3.63, 3.8) is 0 Å². The summed E-state index contributed by atoms with van der Waals surface area (Å²) in [7, 11) is 0. The molecule has 6 nitrogen and oxygen atoms in total. The molecule has 0 aromatic carbocycles. The number of rotatable bonds is 6. The first-order valence-corrected chi connectivity index (χ1v) is 5.19. The largest absolute Gasteiger partial charge is 0.480 e. The molecule has 6 heteroatoms. The fourth-order valence-electron chi connectivity index (χ4n) is 1.04. The van der Waals surface area contributed by atoms with Gasteiger partial charge in [-0.3, -0.25) is 4.79 Å². The molecule has 0 aliphatic rings. The van der Waals surface area contributed by atoms with Crippen LogP contribution in [0, 0.1) is 0 Å². The lowest BCUT2D eigenvalue weighted by atomic mass is 10.1. The van der Waals surface area contributed by atoms with Crippen molar-refractivity contribution in [2.24, 2.45) is 0 Å². The second-order valence-corrected chi connectivity index (χ2v) is 4.08. The van der Waals surface area contributed by atoms with E-state index in [9.17, 15) is 9.59 Å². The van der Waals surface area contributed by atoms with Crippen molar-refractivity contribution >= 4 is 12.0 Å². The van der Waals surface area contributed by atoms with Crippen LogP contribution in [0.25, 0.3) is 0 Å². The lowest BCUT2D eigenvalue weighted by Gasteiger charge is -2.25. The number of carbonyl (C=O) groups excluding carboxylic acids is 1. The fourth-order valence-corrected chi connectivity index (χ4v) is 1.04. The van der Waals surface area contributed by atoms with Gasteiger partial charge in [0.15, 0.2) is 0 Å². The van der Waals surface area contributed by atoms with Crippen molar-refractivity contribution in [3.8, 4) is 0 Å². The number of hydrogen-bond donors (Lipinski definition) is 3. The first kappa shape index (κ1) is 14.7. The van der Waals surface area contributed by atoms with Crippen LogP contribution in [0.3, 0.4) is 0 Å². The summed E-state index contributed by atoms with van der Waals surface area (Å²) in [5, 5.41) is 13.4. The van der Waals surface area contributed by atoms with E-state index in [1.807, 2.05) is 20.8 Å². The molecule has 0 radical (unpaired) electrons. The van der Waals surface area contributed by atoms with Gasteiger partial charge in [-0.15, -0.1) is 0 Å². The summed E-state index contributed by atoms with van der Waals surface area (Å²) in [6, 6.07) is -1.42. The quantitative estimate of drug-likeness (QED) is 0.625. The van der Waals surface area contributed by atoms with Crippen LogP contribution in [0.2, 0.25) is 0 Å². The normalized spacial score (nSPS) is 13.0. The van der Waals surface area contributed by atoms with Crippen LogP contribution in [-0.4, -0.2) is 41.9 Å². The molecule has 0 rings (SSSR count). The number of amides is 2. The highest BCUT2D eigenvalue weighted by Crippen LogP contribution is 2.06. The summed E-state index contributed by atoms with van der Waals surface area (Å²) in [4.78, 5) is 21.7. The molecule has 0 bridgehead atoms. The molecule has 0 fully saturated rings. The molecule has 94 valence electrons. The lowest BCUT2D eigenvalue weighted by molar-refractivity contribution is -0.138. The Morgan fingerprint density at radius 2 is 2.00 bits per heavy atom. The monoisotopic (exact) mass is 232 g/mol.